The molecule has 1 heterocycles. The highest BCUT2D eigenvalue weighted by atomic mass is 35.5. The van der Waals surface area contributed by atoms with Gasteiger partial charge in [-0.2, -0.15) is 0 Å². The third-order valence-electron chi connectivity index (χ3n) is 5.37. The van der Waals surface area contributed by atoms with Crippen molar-refractivity contribution in [2.45, 2.75) is 47.0 Å². The van der Waals surface area contributed by atoms with E-state index < -0.39 is 17.0 Å². The van der Waals surface area contributed by atoms with Gasteiger partial charge < -0.3 is 4.74 Å². The number of nitrogens with zero attached hydrogens (tertiary/aromatic N) is 1. The zero-order valence-corrected chi connectivity index (χ0v) is 19.6. The molecular formula is C26H27ClFNO3. The maximum Gasteiger partial charge on any atom is 0.171 e. The number of aryl methyl sites for hydroxylation is 1. The molecule has 0 fully saturated rings. The van der Waals surface area contributed by atoms with E-state index in [1.54, 1.807) is 18.3 Å². The minimum absolute atomic E-state index is 0.0339. The van der Waals surface area contributed by atoms with Crippen molar-refractivity contribution >= 4 is 34.1 Å². The van der Waals surface area contributed by atoms with Crippen LogP contribution in [0.1, 0.15) is 55.6 Å². The van der Waals surface area contributed by atoms with Gasteiger partial charge >= 0.3 is 0 Å². The van der Waals surface area contributed by atoms with E-state index in [9.17, 15) is 9.59 Å². The maximum atomic E-state index is 15.3. The van der Waals surface area contributed by atoms with Crippen LogP contribution in [0.4, 0.5) is 4.39 Å². The van der Waals surface area contributed by atoms with Crippen molar-refractivity contribution in [1.82, 2.24) is 4.98 Å². The number of aromatic nitrogens is 1. The summed E-state index contributed by atoms with van der Waals surface area (Å²) in [5, 5.41) is 0.849. The normalized spacial score (nSPS) is 11.6. The fraction of sp³-hybridized carbons (Fsp3) is 0.346. The highest BCUT2D eigenvalue weighted by Gasteiger charge is 2.24. The number of Topliss-reactive ketones (excluding diaryl/α,β-unsaturated/α-hetero) is 2. The van der Waals surface area contributed by atoms with E-state index in [4.69, 9.17) is 16.3 Å². The van der Waals surface area contributed by atoms with Gasteiger partial charge in [0.2, 0.25) is 0 Å². The van der Waals surface area contributed by atoms with Crippen molar-refractivity contribution in [3.63, 3.8) is 0 Å². The molecule has 0 saturated heterocycles. The summed E-state index contributed by atoms with van der Waals surface area (Å²) in [6.45, 7) is 7.90. The first-order valence-electron chi connectivity index (χ1n) is 10.7. The molecule has 1 aromatic heterocycles. The topological polar surface area (TPSA) is 56.3 Å². The molecule has 6 heteroatoms. The molecule has 0 aliphatic rings. The second-order valence-corrected chi connectivity index (χ2v) is 9.13. The second-order valence-electron chi connectivity index (χ2n) is 8.72. The molecule has 0 aliphatic heterocycles. The lowest BCUT2D eigenvalue weighted by Gasteiger charge is -2.17. The lowest BCUT2D eigenvalue weighted by Crippen LogP contribution is -2.20. The van der Waals surface area contributed by atoms with Crippen LogP contribution in [0.5, 0.6) is 5.75 Å². The Hall–Kier alpha value is -2.79. The molecule has 4 nitrogen and oxygen atoms in total. The largest absolute Gasteiger partial charge is 0.493 e. The highest BCUT2D eigenvalue weighted by molar-refractivity contribution is 6.34. The molecule has 2 aromatic carbocycles. The van der Waals surface area contributed by atoms with E-state index in [2.05, 4.69) is 4.98 Å². The second kappa shape index (κ2) is 9.78. The van der Waals surface area contributed by atoms with Crippen LogP contribution in [-0.2, 0) is 17.6 Å². The molecule has 3 rings (SSSR count). The maximum absolute atomic E-state index is 15.3. The third kappa shape index (κ3) is 5.16. The van der Waals surface area contributed by atoms with Crippen molar-refractivity contribution in [3.05, 3.63) is 70.1 Å². The predicted molar refractivity (Wildman–Crippen MR) is 125 cm³/mol. The average Bonchev–Trinajstić information content (AvgIpc) is 2.73. The Bertz CT molecular complexity index is 1170. The standard InChI is InChI=1S/C26H27ClFNO3/c1-5-32-21-13-14-29-25-17(7-6-8-18(21)25)15-20(30)23-19(27)11-9-16(24(23)28)10-12-22(31)26(2,3)4/h6-9,11,13-14H,5,10,12,15H2,1-4H3. The van der Waals surface area contributed by atoms with Crippen LogP contribution >= 0.6 is 11.6 Å². The summed E-state index contributed by atoms with van der Waals surface area (Å²) in [6, 6.07) is 10.3. The molecule has 0 aliphatic carbocycles. The number of hydrogen-bond acceptors (Lipinski definition) is 4. The molecule has 0 bridgehead atoms. The molecule has 0 radical (unpaired) electrons. The quantitative estimate of drug-likeness (QED) is 0.369. The average molecular weight is 456 g/mol. The minimum atomic E-state index is -0.660. The summed E-state index contributed by atoms with van der Waals surface area (Å²) < 4.78 is 20.9. The summed E-state index contributed by atoms with van der Waals surface area (Å²) in [4.78, 5) is 29.8. The number of hydrogen-bond donors (Lipinski definition) is 0. The Morgan fingerprint density at radius 2 is 1.84 bits per heavy atom. The van der Waals surface area contributed by atoms with E-state index in [1.165, 1.54) is 12.1 Å². The van der Waals surface area contributed by atoms with Gasteiger partial charge in [-0.15, -0.1) is 0 Å². The Morgan fingerprint density at radius 1 is 1.09 bits per heavy atom. The smallest absolute Gasteiger partial charge is 0.171 e. The van der Waals surface area contributed by atoms with Crippen LogP contribution in [0.2, 0.25) is 5.02 Å². The number of halogens is 2. The van der Waals surface area contributed by atoms with Crippen molar-refractivity contribution in [1.29, 1.82) is 0 Å². The number of para-hydroxylation sites is 1. The van der Waals surface area contributed by atoms with Crippen molar-refractivity contribution in [3.8, 4) is 5.75 Å². The lowest BCUT2D eigenvalue weighted by atomic mass is 9.87. The van der Waals surface area contributed by atoms with Gasteiger partial charge in [0.15, 0.2) is 5.78 Å². The van der Waals surface area contributed by atoms with Crippen molar-refractivity contribution < 1.29 is 18.7 Å². The van der Waals surface area contributed by atoms with E-state index in [1.807, 2.05) is 39.8 Å². The minimum Gasteiger partial charge on any atom is -0.493 e. The zero-order valence-electron chi connectivity index (χ0n) is 18.8. The summed E-state index contributed by atoms with van der Waals surface area (Å²) in [6.07, 6.45) is 1.98. The molecule has 3 aromatic rings. The van der Waals surface area contributed by atoms with Crippen molar-refractivity contribution in [2.75, 3.05) is 6.61 Å². The highest BCUT2D eigenvalue weighted by Crippen LogP contribution is 2.29. The number of pyridine rings is 1. The van der Waals surface area contributed by atoms with Crippen LogP contribution in [0.25, 0.3) is 10.9 Å². The molecule has 0 amide bonds. The van der Waals surface area contributed by atoms with Crippen LogP contribution in [0.3, 0.4) is 0 Å². The molecule has 0 atom stereocenters. The van der Waals surface area contributed by atoms with Gasteiger partial charge in [-0.05, 0) is 42.7 Å². The first-order chi connectivity index (χ1) is 15.1. The van der Waals surface area contributed by atoms with E-state index in [-0.39, 0.29) is 35.6 Å². The SMILES string of the molecule is CCOc1ccnc2c(CC(=O)c3c(Cl)ccc(CCC(=O)C(C)(C)C)c3F)cccc12. The van der Waals surface area contributed by atoms with E-state index >= 15 is 4.39 Å². The monoisotopic (exact) mass is 455 g/mol. The van der Waals surface area contributed by atoms with Crippen LogP contribution in [-0.4, -0.2) is 23.2 Å². The lowest BCUT2D eigenvalue weighted by molar-refractivity contribution is -0.126. The Balaban J connectivity index is 1.90. The summed E-state index contributed by atoms with van der Waals surface area (Å²) in [5.74, 6) is -0.381. The Morgan fingerprint density at radius 3 is 2.53 bits per heavy atom. The van der Waals surface area contributed by atoms with Gasteiger partial charge in [0.25, 0.3) is 0 Å². The van der Waals surface area contributed by atoms with Gasteiger partial charge in [0.05, 0.1) is 22.7 Å². The number of ketones is 2. The molecule has 32 heavy (non-hydrogen) atoms. The van der Waals surface area contributed by atoms with Crippen LogP contribution < -0.4 is 4.74 Å². The first-order valence-corrected chi connectivity index (χ1v) is 11.0. The van der Waals surface area contributed by atoms with Crippen LogP contribution in [0, 0.1) is 11.2 Å². The molecular weight excluding hydrogens is 429 g/mol. The van der Waals surface area contributed by atoms with Gasteiger partial charge in [-0.25, -0.2) is 4.39 Å². The number of ether oxygens (including phenoxy) is 1. The van der Waals surface area contributed by atoms with E-state index in [0.717, 1.165) is 5.39 Å². The molecule has 0 unspecified atom stereocenters. The Labute approximate surface area is 192 Å². The number of benzene rings is 2. The van der Waals surface area contributed by atoms with Gasteiger partial charge in [-0.3, -0.25) is 14.6 Å². The van der Waals surface area contributed by atoms with Gasteiger partial charge in [0.1, 0.15) is 17.3 Å². The van der Waals surface area contributed by atoms with Crippen molar-refractivity contribution in [2.24, 2.45) is 5.41 Å². The molecule has 168 valence electrons. The number of fused-ring (bicyclic) bond motifs is 1. The molecule has 0 saturated carbocycles. The number of carbonyl (C=O) groups excluding carboxylic acids is 2. The summed E-state index contributed by atoms with van der Waals surface area (Å²) in [5.41, 5.74) is 0.965. The fourth-order valence-corrected chi connectivity index (χ4v) is 3.82. The summed E-state index contributed by atoms with van der Waals surface area (Å²) >= 11 is 6.22. The molecule has 0 spiro atoms. The van der Waals surface area contributed by atoms with E-state index in [0.29, 0.717) is 29.0 Å². The Kier molecular flexibility index (Phi) is 7.29. The van der Waals surface area contributed by atoms with Crippen LogP contribution in [0.15, 0.2) is 42.6 Å². The summed E-state index contributed by atoms with van der Waals surface area (Å²) in [7, 11) is 0. The fourth-order valence-electron chi connectivity index (χ4n) is 3.56. The number of rotatable bonds is 8. The van der Waals surface area contributed by atoms with Gasteiger partial charge in [-0.1, -0.05) is 50.6 Å². The van der Waals surface area contributed by atoms with Gasteiger partial charge in [0, 0.05) is 29.8 Å². The third-order valence-corrected chi connectivity index (χ3v) is 5.69. The first kappa shape index (κ1) is 23.9. The molecule has 0 N–H and O–H groups in total. The predicted octanol–water partition coefficient (Wildman–Crippen LogP) is 6.40. The zero-order chi connectivity index (χ0) is 23.5. The number of carbonyl (C=O) groups is 2.